The fourth-order valence-electron chi connectivity index (χ4n) is 0.843. The standard InChI is InChI=1S/C9H11NO2/c10-8(9(11)12)6-7-4-2-1-3-5-7/h1-5,8H,6,10H2,(H,11,12)/t8-/m1/s1/i6D/t6-,8-. The van der Waals surface area contributed by atoms with Gasteiger partial charge in [0, 0.05) is 1.37 Å². The van der Waals surface area contributed by atoms with Gasteiger partial charge in [-0.2, -0.15) is 0 Å². The monoisotopic (exact) mass is 166 g/mol. The van der Waals surface area contributed by atoms with E-state index in [1.807, 2.05) is 6.07 Å². The highest BCUT2D eigenvalue weighted by Gasteiger charge is 2.10. The van der Waals surface area contributed by atoms with Gasteiger partial charge in [0.05, 0.1) is 0 Å². The Balaban J connectivity index is 2.79. The maximum Gasteiger partial charge on any atom is 0.320 e. The highest BCUT2D eigenvalue weighted by Crippen LogP contribution is 2.01. The lowest BCUT2D eigenvalue weighted by molar-refractivity contribution is -0.138. The minimum Gasteiger partial charge on any atom is -0.480 e. The molecule has 1 aromatic carbocycles. The molecule has 0 spiro atoms. The van der Waals surface area contributed by atoms with Gasteiger partial charge < -0.3 is 10.8 Å². The van der Waals surface area contributed by atoms with Gasteiger partial charge in [0.25, 0.3) is 0 Å². The van der Waals surface area contributed by atoms with Gasteiger partial charge in [0.15, 0.2) is 0 Å². The Kier molecular flexibility index (Phi) is 2.36. The number of carboxylic acid groups (broad SMARTS) is 1. The van der Waals surface area contributed by atoms with Crippen molar-refractivity contribution in [1.29, 1.82) is 0 Å². The largest absolute Gasteiger partial charge is 0.480 e. The molecule has 0 radical (unpaired) electrons. The summed E-state index contributed by atoms with van der Waals surface area (Å²) >= 11 is 0. The second-order valence-electron chi connectivity index (χ2n) is 2.44. The van der Waals surface area contributed by atoms with Gasteiger partial charge in [0.1, 0.15) is 6.04 Å². The Bertz CT molecular complexity index is 289. The van der Waals surface area contributed by atoms with Crippen LogP contribution in [0.2, 0.25) is 0 Å². The summed E-state index contributed by atoms with van der Waals surface area (Å²) in [6.45, 7) is 0. The number of carbonyl (C=O) groups is 1. The van der Waals surface area contributed by atoms with E-state index >= 15 is 0 Å². The summed E-state index contributed by atoms with van der Waals surface area (Å²) in [6, 6.07) is 7.54. The zero-order chi connectivity index (χ0) is 9.84. The van der Waals surface area contributed by atoms with E-state index in [9.17, 15) is 4.79 Å². The first-order chi connectivity index (χ1) is 6.13. The van der Waals surface area contributed by atoms with Crippen LogP contribution in [0.4, 0.5) is 0 Å². The minimum atomic E-state index is -1.16. The van der Waals surface area contributed by atoms with Crippen molar-refractivity contribution in [3.8, 4) is 0 Å². The summed E-state index contributed by atoms with van der Waals surface area (Å²) in [4.78, 5) is 10.5. The van der Waals surface area contributed by atoms with Gasteiger partial charge >= 0.3 is 5.97 Å². The van der Waals surface area contributed by atoms with Crippen LogP contribution in [-0.2, 0) is 11.2 Å². The van der Waals surface area contributed by atoms with E-state index < -0.39 is 18.4 Å². The number of rotatable bonds is 3. The molecule has 0 bridgehead atoms. The molecule has 1 aromatic rings. The lowest BCUT2D eigenvalue weighted by Crippen LogP contribution is -2.32. The molecule has 64 valence electrons. The first kappa shape index (κ1) is 7.31. The van der Waals surface area contributed by atoms with Crippen LogP contribution in [-0.4, -0.2) is 17.1 Å². The summed E-state index contributed by atoms with van der Waals surface area (Å²) < 4.78 is 7.54. The van der Waals surface area contributed by atoms with Crippen LogP contribution in [0.25, 0.3) is 0 Å². The lowest BCUT2D eigenvalue weighted by atomic mass is 10.1. The van der Waals surface area contributed by atoms with Gasteiger partial charge in [0.2, 0.25) is 0 Å². The molecule has 0 aliphatic carbocycles. The molecule has 0 amide bonds. The molecule has 0 saturated heterocycles. The van der Waals surface area contributed by atoms with Crippen LogP contribution >= 0.6 is 0 Å². The predicted octanol–water partition coefficient (Wildman–Crippen LogP) is 0.641. The number of hydrogen-bond donors (Lipinski definition) is 2. The third-order valence-corrected chi connectivity index (χ3v) is 1.46. The Hall–Kier alpha value is -1.35. The van der Waals surface area contributed by atoms with Gasteiger partial charge in [-0.15, -0.1) is 0 Å². The van der Waals surface area contributed by atoms with Crippen LogP contribution in [0.5, 0.6) is 0 Å². The first-order valence-electron chi connectivity index (χ1n) is 4.16. The lowest BCUT2D eigenvalue weighted by Gasteiger charge is -2.04. The maximum absolute atomic E-state index is 10.5. The first-order valence-corrected chi connectivity index (χ1v) is 3.58. The van der Waals surface area contributed by atoms with Crippen LogP contribution in [0.1, 0.15) is 6.93 Å². The molecule has 3 N–H and O–H groups in total. The molecule has 2 atom stereocenters. The minimum absolute atomic E-state index is 0.623. The van der Waals surface area contributed by atoms with E-state index in [4.69, 9.17) is 12.2 Å². The number of hydrogen-bond acceptors (Lipinski definition) is 2. The number of nitrogens with two attached hydrogens (primary N) is 1. The van der Waals surface area contributed by atoms with Crippen LogP contribution in [0.3, 0.4) is 0 Å². The van der Waals surface area contributed by atoms with E-state index in [0.717, 1.165) is 0 Å². The van der Waals surface area contributed by atoms with E-state index in [1.54, 1.807) is 24.3 Å². The summed E-state index contributed by atoms with van der Waals surface area (Å²) in [5, 5.41) is 8.57. The van der Waals surface area contributed by atoms with Crippen molar-refractivity contribution in [2.75, 3.05) is 0 Å². The summed E-state index contributed by atoms with van der Waals surface area (Å²) in [5.74, 6) is -1.15. The fraction of sp³-hybridized carbons (Fsp3) is 0.222. The highest BCUT2D eigenvalue weighted by atomic mass is 16.4. The molecular formula is C9H11NO2. The maximum atomic E-state index is 10.5. The molecule has 1 rings (SSSR count). The van der Waals surface area contributed by atoms with Crippen LogP contribution in [0.15, 0.2) is 30.3 Å². The fourth-order valence-corrected chi connectivity index (χ4v) is 0.843. The smallest absolute Gasteiger partial charge is 0.320 e. The van der Waals surface area contributed by atoms with Crippen molar-refractivity contribution < 1.29 is 11.3 Å². The predicted molar refractivity (Wildman–Crippen MR) is 45.8 cm³/mol. The molecule has 0 aliphatic heterocycles. The zero-order valence-corrected chi connectivity index (χ0v) is 6.47. The van der Waals surface area contributed by atoms with Crippen LogP contribution < -0.4 is 5.73 Å². The average molecular weight is 166 g/mol. The summed E-state index contributed by atoms with van der Waals surface area (Å²) in [5.41, 5.74) is 5.93. The van der Waals surface area contributed by atoms with Crippen molar-refractivity contribution >= 4 is 5.97 Å². The Labute approximate surface area is 72.2 Å². The average Bonchev–Trinajstić information content (AvgIpc) is 2.17. The molecule has 0 heterocycles. The second kappa shape index (κ2) is 3.88. The Morgan fingerprint density at radius 2 is 2.17 bits per heavy atom. The molecule has 12 heavy (non-hydrogen) atoms. The highest BCUT2D eigenvalue weighted by molar-refractivity contribution is 5.73. The van der Waals surface area contributed by atoms with Crippen molar-refractivity contribution in [3.05, 3.63) is 35.9 Å². The third kappa shape index (κ3) is 2.36. The SMILES string of the molecule is [2H][C@H](c1ccccc1)[C@@H](N)C(=O)O. The number of aliphatic carboxylic acids is 1. The molecule has 0 saturated carbocycles. The van der Waals surface area contributed by atoms with Crippen molar-refractivity contribution in [1.82, 2.24) is 0 Å². The molecule has 0 fully saturated rings. The normalized spacial score (nSPS) is 16.2. The second-order valence-corrected chi connectivity index (χ2v) is 2.44. The van der Waals surface area contributed by atoms with Gasteiger partial charge in [-0.25, -0.2) is 0 Å². The van der Waals surface area contributed by atoms with Crippen LogP contribution in [0, 0.1) is 0 Å². The summed E-state index contributed by atoms with van der Waals surface area (Å²) in [7, 11) is 0. The van der Waals surface area contributed by atoms with Crippen molar-refractivity contribution in [3.63, 3.8) is 0 Å². The van der Waals surface area contributed by atoms with E-state index in [1.165, 1.54) is 0 Å². The van der Waals surface area contributed by atoms with Crippen molar-refractivity contribution in [2.24, 2.45) is 5.73 Å². The third-order valence-electron chi connectivity index (χ3n) is 1.46. The van der Waals surface area contributed by atoms with Gasteiger partial charge in [-0.1, -0.05) is 30.3 Å². The topological polar surface area (TPSA) is 63.3 Å². The number of benzene rings is 1. The Morgan fingerprint density at radius 3 is 2.67 bits per heavy atom. The van der Waals surface area contributed by atoms with Crippen molar-refractivity contribution in [2.45, 2.75) is 12.4 Å². The van der Waals surface area contributed by atoms with E-state index in [-0.39, 0.29) is 0 Å². The van der Waals surface area contributed by atoms with Gasteiger partial charge in [-0.05, 0) is 12.0 Å². The molecule has 0 unspecified atom stereocenters. The van der Waals surface area contributed by atoms with E-state index in [0.29, 0.717) is 5.56 Å². The van der Waals surface area contributed by atoms with Gasteiger partial charge in [-0.3, -0.25) is 4.79 Å². The zero-order valence-electron chi connectivity index (χ0n) is 7.47. The molecular weight excluding hydrogens is 154 g/mol. The Morgan fingerprint density at radius 1 is 1.58 bits per heavy atom. The molecule has 3 nitrogen and oxygen atoms in total. The molecule has 0 aliphatic rings. The van der Waals surface area contributed by atoms with E-state index in [2.05, 4.69) is 0 Å². The number of carboxylic acids is 1. The summed E-state index contributed by atoms with van der Waals surface area (Å²) in [6.07, 6.45) is -0.904. The molecule has 3 heteroatoms. The molecule has 0 aromatic heterocycles. The quantitative estimate of drug-likeness (QED) is 0.692.